The molecule has 9 nitrogen and oxygen atoms in total. The van der Waals surface area contributed by atoms with Gasteiger partial charge in [0.05, 0.1) is 12.7 Å². The zero-order valence-corrected chi connectivity index (χ0v) is 19.6. The number of anilines is 2. The predicted octanol–water partition coefficient (Wildman–Crippen LogP) is 3.61. The second-order valence-electron chi connectivity index (χ2n) is 7.95. The van der Waals surface area contributed by atoms with Gasteiger partial charge in [0.25, 0.3) is 11.8 Å². The van der Waals surface area contributed by atoms with Gasteiger partial charge in [0.15, 0.2) is 12.4 Å². The number of methoxy groups -OCH3 is 1. The van der Waals surface area contributed by atoms with Crippen LogP contribution in [0, 0.1) is 0 Å². The smallest absolute Gasteiger partial charge is 0.259 e. The molecule has 0 spiro atoms. The zero-order valence-electron chi connectivity index (χ0n) is 19.6. The fraction of sp³-hybridized carbons (Fsp3) is 0.154. The molecule has 4 rings (SSSR count). The van der Waals surface area contributed by atoms with Crippen LogP contribution in [0.25, 0.3) is 22.0 Å². The van der Waals surface area contributed by atoms with E-state index < -0.39 is 5.91 Å². The number of aromatic nitrogens is 2. The molecule has 1 aromatic heterocycles. The van der Waals surface area contributed by atoms with Gasteiger partial charge in [-0.25, -0.2) is 0 Å². The van der Waals surface area contributed by atoms with Gasteiger partial charge >= 0.3 is 0 Å². The molecule has 0 radical (unpaired) electrons. The number of rotatable bonds is 8. The number of benzene rings is 3. The molecule has 0 aliphatic rings. The van der Waals surface area contributed by atoms with Gasteiger partial charge in [-0.15, -0.1) is 10.2 Å². The van der Waals surface area contributed by atoms with Crippen LogP contribution in [0.1, 0.15) is 10.4 Å². The number of amides is 2. The molecule has 3 N–H and O–H groups in total. The van der Waals surface area contributed by atoms with Crippen molar-refractivity contribution in [2.75, 3.05) is 33.1 Å². The molecule has 0 saturated heterocycles. The number of nitrogens with zero attached hydrogens (tertiary/aromatic N) is 3. The molecule has 178 valence electrons. The third-order valence-corrected chi connectivity index (χ3v) is 5.40. The molecule has 0 aliphatic carbocycles. The lowest BCUT2D eigenvalue weighted by Crippen LogP contribution is -2.27. The number of carbonyl (C=O) groups excluding carboxylic acids is 2. The minimum atomic E-state index is -0.588. The third kappa shape index (κ3) is 5.14. The molecule has 3 aromatic carbocycles. The number of hydrogen-bond donors (Lipinski definition) is 2. The Balaban J connectivity index is 1.63. The maximum absolute atomic E-state index is 11.8. The molecule has 2 amide bonds. The summed E-state index contributed by atoms with van der Waals surface area (Å²) in [6.07, 6.45) is 0. The number of nitrogens with one attached hydrogen (secondary N) is 1. The predicted molar refractivity (Wildman–Crippen MR) is 134 cm³/mol. The van der Waals surface area contributed by atoms with E-state index in [0.29, 0.717) is 28.7 Å². The molecule has 35 heavy (non-hydrogen) atoms. The third-order valence-electron chi connectivity index (χ3n) is 5.40. The molecule has 9 heteroatoms. The van der Waals surface area contributed by atoms with Gasteiger partial charge < -0.3 is 25.4 Å². The first-order valence-corrected chi connectivity index (χ1v) is 10.8. The molecule has 0 unspecified atom stereocenters. The summed E-state index contributed by atoms with van der Waals surface area (Å²) in [6.45, 7) is -0.0295. The summed E-state index contributed by atoms with van der Waals surface area (Å²) in [7, 11) is 4.85. The van der Waals surface area contributed by atoms with E-state index in [4.69, 9.17) is 15.2 Å². The Morgan fingerprint density at radius 3 is 2.34 bits per heavy atom. The van der Waals surface area contributed by atoms with Gasteiger partial charge in [0, 0.05) is 36.1 Å². The summed E-state index contributed by atoms with van der Waals surface area (Å²) in [6, 6.07) is 20.2. The minimum absolute atomic E-state index is 0.0295. The van der Waals surface area contributed by atoms with Crippen LogP contribution in [0.2, 0.25) is 0 Å². The Labute approximate surface area is 202 Å². The molecule has 0 bridgehead atoms. The van der Waals surface area contributed by atoms with E-state index >= 15 is 0 Å². The van der Waals surface area contributed by atoms with Crippen molar-refractivity contribution in [3.05, 3.63) is 72.3 Å². The Kier molecular flexibility index (Phi) is 6.77. The Bertz CT molecular complexity index is 1390. The molecule has 0 saturated carbocycles. The second-order valence-corrected chi connectivity index (χ2v) is 7.95. The largest absolute Gasteiger partial charge is 0.496 e. The lowest BCUT2D eigenvalue weighted by Gasteiger charge is -2.13. The van der Waals surface area contributed by atoms with Crippen LogP contribution in [-0.4, -0.2) is 54.7 Å². The first-order chi connectivity index (χ1) is 16.9. The van der Waals surface area contributed by atoms with Crippen LogP contribution in [-0.2, 0) is 4.79 Å². The van der Waals surface area contributed by atoms with Gasteiger partial charge in [-0.05, 0) is 42.5 Å². The van der Waals surface area contributed by atoms with E-state index in [1.807, 2.05) is 36.4 Å². The van der Waals surface area contributed by atoms with Crippen LogP contribution in [0.4, 0.5) is 11.5 Å². The molecule has 0 atom stereocenters. The van der Waals surface area contributed by atoms with Crippen LogP contribution >= 0.6 is 0 Å². The molecule has 1 heterocycles. The van der Waals surface area contributed by atoms with Crippen molar-refractivity contribution in [1.29, 1.82) is 0 Å². The average Bonchev–Trinajstić information content (AvgIpc) is 2.87. The van der Waals surface area contributed by atoms with Gasteiger partial charge in [0.2, 0.25) is 0 Å². The normalized spacial score (nSPS) is 10.6. The van der Waals surface area contributed by atoms with E-state index in [1.165, 1.54) is 12.0 Å². The number of hydrogen-bond acceptors (Lipinski definition) is 7. The number of fused-ring (bicyclic) bond motifs is 1. The summed E-state index contributed by atoms with van der Waals surface area (Å²) in [5.41, 5.74) is 7.93. The van der Waals surface area contributed by atoms with Gasteiger partial charge in [0.1, 0.15) is 17.2 Å². The van der Waals surface area contributed by atoms with Crippen LogP contribution < -0.4 is 20.5 Å². The maximum Gasteiger partial charge on any atom is 0.259 e. The van der Waals surface area contributed by atoms with Crippen molar-refractivity contribution in [2.24, 2.45) is 5.73 Å². The van der Waals surface area contributed by atoms with Crippen molar-refractivity contribution in [1.82, 2.24) is 15.1 Å². The van der Waals surface area contributed by atoms with E-state index in [0.717, 1.165) is 16.3 Å². The van der Waals surface area contributed by atoms with E-state index in [2.05, 4.69) is 15.5 Å². The maximum atomic E-state index is 11.8. The molecular formula is C26H25N5O4. The van der Waals surface area contributed by atoms with Gasteiger partial charge in [-0.1, -0.05) is 24.3 Å². The van der Waals surface area contributed by atoms with Crippen molar-refractivity contribution in [2.45, 2.75) is 0 Å². The highest BCUT2D eigenvalue weighted by atomic mass is 16.5. The average molecular weight is 472 g/mol. The Morgan fingerprint density at radius 2 is 1.69 bits per heavy atom. The molecule has 0 fully saturated rings. The van der Waals surface area contributed by atoms with Gasteiger partial charge in [-0.2, -0.15) is 0 Å². The number of nitrogens with two attached hydrogens (primary N) is 1. The quantitative estimate of drug-likeness (QED) is 0.403. The van der Waals surface area contributed by atoms with Crippen molar-refractivity contribution in [3.8, 4) is 22.8 Å². The summed E-state index contributed by atoms with van der Waals surface area (Å²) in [5, 5.41) is 13.8. The number of primary amides is 1. The highest BCUT2D eigenvalue weighted by Gasteiger charge is 2.14. The SMILES string of the molecule is COc1ccc(Nc2nnc(-c3ccc(OCC(=O)N(C)C)cc3)c3ccccc23)cc1C(N)=O. The highest BCUT2D eigenvalue weighted by molar-refractivity contribution is 6.01. The van der Waals surface area contributed by atoms with Crippen molar-refractivity contribution >= 4 is 34.1 Å². The number of ether oxygens (including phenoxy) is 2. The van der Waals surface area contributed by atoms with E-state index in [9.17, 15) is 9.59 Å². The second kappa shape index (κ2) is 10.1. The first kappa shape index (κ1) is 23.5. The monoisotopic (exact) mass is 471 g/mol. The van der Waals surface area contributed by atoms with Crippen LogP contribution in [0.3, 0.4) is 0 Å². The van der Waals surface area contributed by atoms with Gasteiger partial charge in [-0.3, -0.25) is 9.59 Å². The summed E-state index contributed by atoms with van der Waals surface area (Å²) >= 11 is 0. The lowest BCUT2D eigenvalue weighted by molar-refractivity contribution is -0.130. The standard InChI is InChI=1S/C26H25N5O4/c1-31(2)23(32)15-35-18-11-8-16(9-12-18)24-19-6-4-5-7-20(19)26(30-29-24)28-17-10-13-22(34-3)21(14-17)25(27)33/h4-14H,15H2,1-3H3,(H2,27,33)(H,28,30). The van der Waals surface area contributed by atoms with E-state index in [1.54, 1.807) is 44.4 Å². The molecular weight excluding hydrogens is 446 g/mol. The fourth-order valence-corrected chi connectivity index (χ4v) is 3.51. The summed E-state index contributed by atoms with van der Waals surface area (Å²) in [5.74, 6) is 0.813. The first-order valence-electron chi connectivity index (χ1n) is 10.8. The Morgan fingerprint density at radius 1 is 0.971 bits per heavy atom. The fourth-order valence-electron chi connectivity index (χ4n) is 3.51. The highest BCUT2D eigenvalue weighted by Crippen LogP contribution is 2.32. The van der Waals surface area contributed by atoms with E-state index in [-0.39, 0.29) is 18.1 Å². The number of carbonyl (C=O) groups is 2. The number of likely N-dealkylation sites (N-methyl/N-ethyl adjacent to an activating group) is 1. The van der Waals surface area contributed by atoms with Crippen molar-refractivity contribution in [3.63, 3.8) is 0 Å². The van der Waals surface area contributed by atoms with Crippen molar-refractivity contribution < 1.29 is 19.1 Å². The van der Waals surface area contributed by atoms with Crippen LogP contribution in [0.15, 0.2) is 66.7 Å². The lowest BCUT2D eigenvalue weighted by atomic mass is 10.0. The zero-order chi connectivity index (χ0) is 24.9. The van der Waals surface area contributed by atoms with Crippen LogP contribution in [0.5, 0.6) is 11.5 Å². The topological polar surface area (TPSA) is 120 Å². The summed E-state index contributed by atoms with van der Waals surface area (Å²) < 4.78 is 10.8. The summed E-state index contributed by atoms with van der Waals surface area (Å²) in [4.78, 5) is 25.0. The molecule has 4 aromatic rings. The molecule has 0 aliphatic heterocycles. The Hall–Kier alpha value is -4.66. The minimum Gasteiger partial charge on any atom is -0.496 e.